The second kappa shape index (κ2) is 17.6. The molecule has 0 amide bonds. The van der Waals surface area contributed by atoms with Gasteiger partial charge in [-0.1, -0.05) is 112 Å². The molecule has 0 unspecified atom stereocenters. The standard InChI is InChI=1S/C60H66N8O/c1-33(2)51-27-49-41(11)61-57-55(53-37(7)23-35(5)24-38(53)8)43(13)63-67(57)59(49)65(51)29-45-15-19-47(20-16-45)31-69-32-48-21-17-46(18-22-48)30-66-52(34(3)4)28-50-42(12)62-58-56(44(14)64-68(58)60(50)66)54-39(9)25-36(6)26-40(54)10/h15-28,33-34H,29-32H2,1-14H3. The van der Waals surface area contributed by atoms with E-state index in [2.05, 4.69) is 200 Å². The lowest BCUT2D eigenvalue weighted by atomic mass is 9.94. The van der Waals surface area contributed by atoms with E-state index in [0.717, 1.165) is 91.5 Å². The summed E-state index contributed by atoms with van der Waals surface area (Å²) in [5.41, 5.74) is 27.6. The monoisotopic (exact) mass is 915 g/mol. The van der Waals surface area contributed by atoms with Crippen LogP contribution in [-0.4, -0.2) is 38.3 Å². The maximum Gasteiger partial charge on any atom is 0.165 e. The Kier molecular flexibility index (Phi) is 11.7. The van der Waals surface area contributed by atoms with E-state index in [1.807, 2.05) is 0 Å². The highest BCUT2D eigenvalue weighted by molar-refractivity contribution is 5.91. The minimum absolute atomic E-state index is 0.323. The van der Waals surface area contributed by atoms with Crippen LogP contribution in [0, 0.1) is 69.2 Å². The third kappa shape index (κ3) is 8.04. The summed E-state index contributed by atoms with van der Waals surface area (Å²) in [7, 11) is 0. The lowest BCUT2D eigenvalue weighted by Gasteiger charge is -2.15. The highest BCUT2D eigenvalue weighted by Crippen LogP contribution is 2.39. The molecule has 4 aromatic carbocycles. The van der Waals surface area contributed by atoms with Crippen molar-refractivity contribution in [3.8, 4) is 22.3 Å². The van der Waals surface area contributed by atoms with Crippen molar-refractivity contribution in [2.75, 3.05) is 0 Å². The first-order valence-electron chi connectivity index (χ1n) is 24.6. The number of aromatic nitrogens is 8. The van der Waals surface area contributed by atoms with Gasteiger partial charge in [0.15, 0.2) is 11.3 Å². The van der Waals surface area contributed by atoms with E-state index in [0.29, 0.717) is 25.0 Å². The van der Waals surface area contributed by atoms with Gasteiger partial charge >= 0.3 is 0 Å². The Hall–Kier alpha value is -6.84. The van der Waals surface area contributed by atoms with Crippen molar-refractivity contribution >= 4 is 33.4 Å². The van der Waals surface area contributed by atoms with Crippen molar-refractivity contribution in [2.45, 2.75) is 135 Å². The van der Waals surface area contributed by atoms with Crippen molar-refractivity contribution in [1.82, 2.24) is 38.3 Å². The molecule has 9 nitrogen and oxygen atoms in total. The third-order valence-electron chi connectivity index (χ3n) is 14.3. The Morgan fingerprint density at radius 1 is 0.420 bits per heavy atom. The number of hydrogen-bond acceptors (Lipinski definition) is 5. The Morgan fingerprint density at radius 2 is 0.754 bits per heavy atom. The van der Waals surface area contributed by atoms with Crippen LogP contribution in [0.1, 0.15) is 129 Å². The van der Waals surface area contributed by atoms with Crippen molar-refractivity contribution in [2.24, 2.45) is 0 Å². The maximum atomic E-state index is 6.34. The molecule has 0 aliphatic carbocycles. The predicted octanol–water partition coefficient (Wildman–Crippen LogP) is 14.2. The second-order valence-corrected chi connectivity index (χ2v) is 20.6. The van der Waals surface area contributed by atoms with Crippen LogP contribution in [0.15, 0.2) is 84.9 Å². The first-order valence-corrected chi connectivity index (χ1v) is 24.6. The lowest BCUT2D eigenvalue weighted by molar-refractivity contribution is 0.107. The molecular weight excluding hydrogens is 849 g/mol. The molecule has 10 rings (SSSR count). The Labute approximate surface area is 406 Å². The number of hydrogen-bond donors (Lipinski definition) is 0. The van der Waals surface area contributed by atoms with Gasteiger partial charge in [-0.3, -0.25) is 0 Å². The summed E-state index contributed by atoms with van der Waals surface area (Å²) in [6, 6.07) is 31.5. The van der Waals surface area contributed by atoms with Gasteiger partial charge in [-0.25, -0.2) is 9.97 Å². The number of benzene rings is 4. The van der Waals surface area contributed by atoms with Crippen LogP contribution in [0.25, 0.3) is 55.6 Å². The number of ether oxygens (including phenoxy) is 1. The zero-order chi connectivity index (χ0) is 48.7. The SMILES string of the molecule is Cc1cc(C)c(-c2c(C)nn3c2nc(C)c2cc(C(C)C)n(Cc4ccc(COCc5ccc(Cn6c(C(C)C)cc7c(C)nc8c(-c9c(C)cc(C)cc9C)c(C)nn8c76)cc5)cc4)c23)c(C)c1. The molecule has 0 aliphatic rings. The van der Waals surface area contributed by atoms with Gasteiger partial charge in [-0.15, -0.1) is 0 Å². The Bertz CT molecular complexity index is 3340. The van der Waals surface area contributed by atoms with Crippen LogP contribution in [0.3, 0.4) is 0 Å². The zero-order valence-corrected chi connectivity index (χ0v) is 43.1. The smallest absolute Gasteiger partial charge is 0.165 e. The highest BCUT2D eigenvalue weighted by Gasteiger charge is 2.26. The summed E-state index contributed by atoms with van der Waals surface area (Å²) in [5, 5.41) is 12.7. The van der Waals surface area contributed by atoms with Gasteiger partial charge in [0.2, 0.25) is 0 Å². The lowest BCUT2D eigenvalue weighted by Crippen LogP contribution is -2.09. The molecule has 0 bridgehead atoms. The first-order chi connectivity index (χ1) is 33.0. The summed E-state index contributed by atoms with van der Waals surface area (Å²) in [4.78, 5) is 10.4. The molecule has 0 N–H and O–H groups in total. The van der Waals surface area contributed by atoms with Crippen LogP contribution in [0.5, 0.6) is 0 Å². The van der Waals surface area contributed by atoms with Gasteiger partial charge in [0.1, 0.15) is 11.3 Å². The van der Waals surface area contributed by atoms with Gasteiger partial charge in [-0.2, -0.15) is 19.2 Å². The van der Waals surface area contributed by atoms with Crippen LogP contribution >= 0.6 is 0 Å². The maximum absolute atomic E-state index is 6.34. The van der Waals surface area contributed by atoms with Gasteiger partial charge < -0.3 is 13.9 Å². The summed E-state index contributed by atoms with van der Waals surface area (Å²) in [5.74, 6) is 0.646. The fraction of sp³-hybridized carbons (Fsp3) is 0.333. The van der Waals surface area contributed by atoms with Crippen molar-refractivity contribution in [3.63, 3.8) is 0 Å². The molecule has 0 atom stereocenters. The molecule has 352 valence electrons. The summed E-state index contributed by atoms with van der Waals surface area (Å²) >= 11 is 0. The average Bonchev–Trinajstić information content (AvgIpc) is 4.03. The van der Waals surface area contributed by atoms with Crippen LogP contribution in [0.2, 0.25) is 0 Å². The van der Waals surface area contributed by atoms with Crippen LogP contribution in [0.4, 0.5) is 0 Å². The normalized spacial score (nSPS) is 12.2. The molecule has 6 heterocycles. The summed E-state index contributed by atoms with van der Waals surface area (Å²) in [6.45, 7) is 33.2. The van der Waals surface area contributed by atoms with Crippen molar-refractivity contribution in [1.29, 1.82) is 0 Å². The van der Waals surface area contributed by atoms with Crippen LogP contribution in [-0.2, 0) is 31.0 Å². The highest BCUT2D eigenvalue weighted by atomic mass is 16.5. The van der Waals surface area contributed by atoms with E-state index in [-0.39, 0.29) is 0 Å². The molecule has 0 aliphatic heterocycles. The van der Waals surface area contributed by atoms with E-state index in [9.17, 15) is 0 Å². The van der Waals surface area contributed by atoms with Crippen molar-refractivity contribution in [3.05, 3.63) is 175 Å². The second-order valence-electron chi connectivity index (χ2n) is 20.6. The number of nitrogens with zero attached hydrogens (tertiary/aromatic N) is 8. The van der Waals surface area contributed by atoms with Gasteiger partial charge in [0.05, 0.1) is 47.1 Å². The minimum atomic E-state index is 0.323. The number of rotatable bonds is 12. The average molecular weight is 915 g/mol. The molecule has 6 aromatic heterocycles. The quantitative estimate of drug-likeness (QED) is 0.122. The van der Waals surface area contributed by atoms with Gasteiger partial charge in [0, 0.05) is 35.2 Å². The van der Waals surface area contributed by atoms with E-state index in [1.165, 1.54) is 67.0 Å². The molecular formula is C60H66N8O. The molecule has 0 saturated carbocycles. The predicted molar refractivity (Wildman–Crippen MR) is 283 cm³/mol. The van der Waals surface area contributed by atoms with E-state index in [1.54, 1.807) is 0 Å². The third-order valence-corrected chi connectivity index (χ3v) is 14.3. The zero-order valence-electron chi connectivity index (χ0n) is 43.1. The largest absolute Gasteiger partial charge is 0.372 e. The topological polar surface area (TPSA) is 79.5 Å². The van der Waals surface area contributed by atoms with Gasteiger partial charge in [-0.05, 0) is 149 Å². The molecule has 0 saturated heterocycles. The number of fused-ring (bicyclic) bond motifs is 6. The minimum Gasteiger partial charge on any atom is -0.372 e. The fourth-order valence-electron chi connectivity index (χ4n) is 11.2. The fourth-order valence-corrected chi connectivity index (χ4v) is 11.2. The molecule has 10 aromatic rings. The summed E-state index contributed by atoms with van der Waals surface area (Å²) in [6.07, 6.45) is 0. The van der Waals surface area contributed by atoms with Crippen LogP contribution < -0.4 is 0 Å². The summed E-state index contributed by atoms with van der Waals surface area (Å²) < 4.78 is 15.4. The van der Waals surface area contributed by atoms with E-state index < -0.39 is 0 Å². The van der Waals surface area contributed by atoms with Gasteiger partial charge in [0.25, 0.3) is 0 Å². The molecule has 9 heteroatoms. The van der Waals surface area contributed by atoms with E-state index in [4.69, 9.17) is 24.9 Å². The first kappa shape index (κ1) is 45.9. The molecule has 69 heavy (non-hydrogen) atoms. The van der Waals surface area contributed by atoms with Crippen molar-refractivity contribution < 1.29 is 4.74 Å². The molecule has 0 spiro atoms. The molecule has 0 radical (unpaired) electrons. The molecule has 0 fully saturated rings. The van der Waals surface area contributed by atoms with E-state index >= 15 is 0 Å². The number of aryl methyl sites for hydroxylation is 10. The Morgan fingerprint density at radius 3 is 1.09 bits per heavy atom. The Balaban J connectivity index is 0.867.